The monoisotopic (exact) mass is 338 g/mol. The zero-order valence-corrected chi connectivity index (χ0v) is 14.7. The lowest BCUT2D eigenvalue weighted by molar-refractivity contribution is 0.0562. The van der Waals surface area contributed by atoms with Gasteiger partial charge in [-0.2, -0.15) is 0 Å². The quantitative estimate of drug-likeness (QED) is 0.759. The molecule has 1 unspecified atom stereocenters. The molecule has 0 aromatic heterocycles. The molecule has 3 N–H and O–H groups in total. The second-order valence-electron chi connectivity index (χ2n) is 6.86. The molecule has 2 aromatic rings. The average molecular weight is 338 g/mol. The molecule has 0 saturated carbocycles. The Hall–Kier alpha value is -2.17. The van der Waals surface area contributed by atoms with E-state index in [0.717, 1.165) is 30.5 Å². The number of rotatable bonds is 6. The van der Waals surface area contributed by atoms with E-state index in [-0.39, 0.29) is 12.5 Å². The number of hydrogen-bond donors (Lipinski definition) is 3. The Morgan fingerprint density at radius 2 is 1.76 bits per heavy atom. The molecule has 1 aliphatic heterocycles. The summed E-state index contributed by atoms with van der Waals surface area (Å²) >= 11 is 0. The van der Waals surface area contributed by atoms with E-state index in [9.17, 15) is 9.90 Å². The van der Waals surface area contributed by atoms with Crippen molar-refractivity contribution in [2.45, 2.75) is 31.8 Å². The summed E-state index contributed by atoms with van der Waals surface area (Å²) in [7, 11) is 0. The fourth-order valence-corrected chi connectivity index (χ4v) is 3.19. The van der Waals surface area contributed by atoms with Gasteiger partial charge in [-0.15, -0.1) is 0 Å². The highest BCUT2D eigenvalue weighted by atomic mass is 16.3. The largest absolute Gasteiger partial charge is 0.387 e. The summed E-state index contributed by atoms with van der Waals surface area (Å²) in [4.78, 5) is 12.3. The van der Waals surface area contributed by atoms with Crippen LogP contribution in [0.2, 0.25) is 0 Å². The van der Waals surface area contributed by atoms with E-state index in [1.807, 2.05) is 24.3 Å². The third-order valence-electron chi connectivity index (χ3n) is 4.77. The van der Waals surface area contributed by atoms with Gasteiger partial charge in [-0.3, -0.25) is 4.79 Å². The van der Waals surface area contributed by atoms with Crippen LogP contribution in [-0.4, -0.2) is 36.2 Å². The van der Waals surface area contributed by atoms with Crippen molar-refractivity contribution in [3.8, 4) is 11.1 Å². The van der Waals surface area contributed by atoms with Gasteiger partial charge in [0.2, 0.25) is 0 Å². The number of carbonyl (C=O) groups is 1. The molecule has 1 heterocycles. The maximum Gasteiger partial charge on any atom is 0.251 e. The highest BCUT2D eigenvalue weighted by Gasteiger charge is 2.31. The maximum atomic E-state index is 12.3. The van der Waals surface area contributed by atoms with E-state index in [2.05, 4.69) is 41.8 Å². The third kappa shape index (κ3) is 4.47. The molecule has 1 atom stereocenters. The molecule has 0 radical (unpaired) electrons. The van der Waals surface area contributed by atoms with Crippen LogP contribution in [0.25, 0.3) is 11.1 Å². The first-order valence-electron chi connectivity index (χ1n) is 9.00. The van der Waals surface area contributed by atoms with Gasteiger partial charge in [0.05, 0.1) is 5.60 Å². The SMILES string of the molecule is CCCc1ccc(-c2ccc(C(=O)NCC3(O)CCNC3)cc2)cc1. The van der Waals surface area contributed by atoms with Gasteiger partial charge in [0, 0.05) is 18.7 Å². The number of hydrogen-bond acceptors (Lipinski definition) is 3. The normalized spacial score (nSPS) is 19.8. The van der Waals surface area contributed by atoms with Gasteiger partial charge in [-0.25, -0.2) is 0 Å². The second-order valence-corrected chi connectivity index (χ2v) is 6.86. The molecule has 1 amide bonds. The van der Waals surface area contributed by atoms with Crippen LogP contribution in [-0.2, 0) is 6.42 Å². The molecule has 1 fully saturated rings. The third-order valence-corrected chi connectivity index (χ3v) is 4.77. The van der Waals surface area contributed by atoms with Crippen LogP contribution in [0, 0.1) is 0 Å². The number of aliphatic hydroxyl groups is 1. The Morgan fingerprint density at radius 1 is 1.12 bits per heavy atom. The predicted octanol–water partition coefficient (Wildman–Crippen LogP) is 2.76. The summed E-state index contributed by atoms with van der Waals surface area (Å²) in [5, 5.41) is 16.2. The Balaban J connectivity index is 1.62. The summed E-state index contributed by atoms with van der Waals surface area (Å²) in [6.45, 7) is 3.78. The molecule has 1 aliphatic rings. The van der Waals surface area contributed by atoms with Crippen LogP contribution in [0.4, 0.5) is 0 Å². The Kier molecular flexibility index (Phi) is 5.51. The Bertz CT molecular complexity index is 702. The number of amides is 1. The lowest BCUT2D eigenvalue weighted by Crippen LogP contribution is -2.44. The first-order chi connectivity index (χ1) is 12.1. The van der Waals surface area contributed by atoms with Crippen molar-refractivity contribution in [2.24, 2.45) is 0 Å². The predicted molar refractivity (Wildman–Crippen MR) is 101 cm³/mol. The van der Waals surface area contributed by atoms with E-state index in [1.54, 1.807) is 0 Å². The summed E-state index contributed by atoms with van der Waals surface area (Å²) in [5.74, 6) is -0.148. The Morgan fingerprint density at radius 3 is 2.32 bits per heavy atom. The van der Waals surface area contributed by atoms with E-state index in [1.165, 1.54) is 5.56 Å². The lowest BCUT2D eigenvalue weighted by atomic mass is 10.0. The van der Waals surface area contributed by atoms with Crippen LogP contribution in [0.3, 0.4) is 0 Å². The first kappa shape index (κ1) is 17.6. The smallest absolute Gasteiger partial charge is 0.251 e. The van der Waals surface area contributed by atoms with Gasteiger partial charge in [0.1, 0.15) is 0 Å². The second kappa shape index (κ2) is 7.81. The fourth-order valence-electron chi connectivity index (χ4n) is 3.19. The van der Waals surface area contributed by atoms with Crippen molar-refractivity contribution in [1.29, 1.82) is 0 Å². The Labute approximate surface area is 149 Å². The van der Waals surface area contributed by atoms with Crippen LogP contribution in [0.1, 0.15) is 35.7 Å². The van der Waals surface area contributed by atoms with Crippen molar-refractivity contribution < 1.29 is 9.90 Å². The van der Waals surface area contributed by atoms with Crippen molar-refractivity contribution in [2.75, 3.05) is 19.6 Å². The minimum atomic E-state index is -0.824. The number of nitrogens with one attached hydrogen (secondary N) is 2. The van der Waals surface area contributed by atoms with Crippen molar-refractivity contribution >= 4 is 5.91 Å². The van der Waals surface area contributed by atoms with E-state index < -0.39 is 5.60 Å². The topological polar surface area (TPSA) is 61.4 Å². The molecule has 3 rings (SSSR count). The minimum absolute atomic E-state index is 0.148. The zero-order chi connectivity index (χ0) is 17.7. The standard InChI is InChI=1S/C21H26N2O2/c1-2-3-16-4-6-17(7-5-16)18-8-10-19(11-9-18)20(24)23-15-21(25)12-13-22-14-21/h4-11,22,25H,2-3,12-15H2,1H3,(H,23,24). The van der Waals surface area contributed by atoms with Gasteiger partial charge in [0.15, 0.2) is 0 Å². The highest BCUT2D eigenvalue weighted by Crippen LogP contribution is 2.21. The van der Waals surface area contributed by atoms with E-state index in [4.69, 9.17) is 0 Å². The average Bonchev–Trinajstić information content (AvgIpc) is 3.08. The van der Waals surface area contributed by atoms with Crippen LogP contribution < -0.4 is 10.6 Å². The number of aryl methyl sites for hydroxylation is 1. The molecule has 132 valence electrons. The number of benzene rings is 2. The van der Waals surface area contributed by atoms with Crippen molar-refractivity contribution in [3.63, 3.8) is 0 Å². The maximum absolute atomic E-state index is 12.3. The summed E-state index contributed by atoms with van der Waals surface area (Å²) < 4.78 is 0. The van der Waals surface area contributed by atoms with Gasteiger partial charge in [-0.1, -0.05) is 49.7 Å². The summed E-state index contributed by atoms with van der Waals surface area (Å²) in [6.07, 6.45) is 2.91. The molecule has 1 saturated heterocycles. The van der Waals surface area contributed by atoms with Crippen LogP contribution >= 0.6 is 0 Å². The van der Waals surface area contributed by atoms with Crippen LogP contribution in [0.15, 0.2) is 48.5 Å². The summed E-state index contributed by atoms with van der Waals surface area (Å²) in [5.41, 5.74) is 3.38. The molecule has 2 aromatic carbocycles. The van der Waals surface area contributed by atoms with E-state index in [0.29, 0.717) is 18.5 Å². The van der Waals surface area contributed by atoms with Gasteiger partial charge in [0.25, 0.3) is 5.91 Å². The minimum Gasteiger partial charge on any atom is -0.387 e. The highest BCUT2D eigenvalue weighted by molar-refractivity contribution is 5.94. The zero-order valence-electron chi connectivity index (χ0n) is 14.7. The molecule has 0 spiro atoms. The molecule has 4 heteroatoms. The van der Waals surface area contributed by atoms with Gasteiger partial charge in [-0.05, 0) is 48.2 Å². The molecule has 4 nitrogen and oxygen atoms in total. The van der Waals surface area contributed by atoms with Crippen LogP contribution in [0.5, 0.6) is 0 Å². The molecule has 25 heavy (non-hydrogen) atoms. The molecular weight excluding hydrogens is 312 g/mol. The number of β-amino-alcohol motifs (C(OH)–C–C–N with tert-alkyl or cyclic N) is 1. The van der Waals surface area contributed by atoms with Crippen molar-refractivity contribution in [3.05, 3.63) is 59.7 Å². The van der Waals surface area contributed by atoms with Crippen molar-refractivity contribution in [1.82, 2.24) is 10.6 Å². The molecule has 0 aliphatic carbocycles. The van der Waals surface area contributed by atoms with E-state index >= 15 is 0 Å². The lowest BCUT2D eigenvalue weighted by Gasteiger charge is -2.21. The fraction of sp³-hybridized carbons (Fsp3) is 0.381. The molecular formula is C21H26N2O2. The first-order valence-corrected chi connectivity index (χ1v) is 9.00. The van der Waals surface area contributed by atoms with Gasteiger partial charge < -0.3 is 15.7 Å². The van der Waals surface area contributed by atoms with Gasteiger partial charge >= 0.3 is 0 Å². The number of carbonyl (C=O) groups excluding carboxylic acids is 1. The molecule has 0 bridgehead atoms. The summed E-state index contributed by atoms with van der Waals surface area (Å²) in [6, 6.07) is 16.2.